The van der Waals surface area contributed by atoms with Crippen LogP contribution in [-0.4, -0.2) is 42.7 Å². The van der Waals surface area contributed by atoms with E-state index in [0.29, 0.717) is 18.2 Å². The van der Waals surface area contributed by atoms with Crippen molar-refractivity contribution in [3.63, 3.8) is 0 Å². The number of aliphatic imine (C=N–C) groups is 1. The predicted octanol–water partition coefficient (Wildman–Crippen LogP) is 2.02. The number of benzene rings is 1. The maximum absolute atomic E-state index is 11.7. The highest BCUT2D eigenvalue weighted by atomic mass is 127. The smallest absolute Gasteiger partial charge is 0.251 e. The summed E-state index contributed by atoms with van der Waals surface area (Å²) in [5, 5.41) is 18.9. The number of nitrogens with zero attached hydrogens (tertiary/aromatic N) is 1. The lowest BCUT2D eigenvalue weighted by molar-refractivity contribution is 0.0963. The number of aliphatic hydroxyl groups is 1. The SMILES string of the molecule is CCNC(=NCc1cccc(C(=O)NC)c1)NC1CCC(O)CC1.I. The third-order valence-electron chi connectivity index (χ3n) is 4.22. The molecule has 1 fully saturated rings. The summed E-state index contributed by atoms with van der Waals surface area (Å²) < 4.78 is 0. The van der Waals surface area contributed by atoms with E-state index >= 15 is 0 Å². The maximum Gasteiger partial charge on any atom is 0.251 e. The molecule has 1 aliphatic carbocycles. The minimum Gasteiger partial charge on any atom is -0.393 e. The summed E-state index contributed by atoms with van der Waals surface area (Å²) >= 11 is 0. The maximum atomic E-state index is 11.7. The van der Waals surface area contributed by atoms with Gasteiger partial charge in [0.25, 0.3) is 5.91 Å². The number of rotatable bonds is 5. The van der Waals surface area contributed by atoms with Gasteiger partial charge < -0.3 is 21.1 Å². The molecule has 1 amide bonds. The zero-order chi connectivity index (χ0) is 17.4. The van der Waals surface area contributed by atoms with Gasteiger partial charge in [0, 0.05) is 25.2 Å². The Bertz CT molecular complexity index is 572. The van der Waals surface area contributed by atoms with Crippen molar-refractivity contribution < 1.29 is 9.90 Å². The molecule has 1 aromatic rings. The standard InChI is InChI=1S/C18H28N4O2.HI/c1-3-20-18(22-15-7-9-16(23)10-8-15)21-12-13-5-4-6-14(11-13)17(24)19-2;/h4-6,11,15-16,23H,3,7-10,12H2,1-2H3,(H,19,24)(H2,20,21,22);1H. The Kier molecular flexibility index (Phi) is 9.81. The highest BCUT2D eigenvalue weighted by Crippen LogP contribution is 2.18. The summed E-state index contributed by atoms with van der Waals surface area (Å²) in [7, 11) is 1.63. The lowest BCUT2D eigenvalue weighted by Crippen LogP contribution is -2.45. The number of guanidine groups is 1. The third-order valence-corrected chi connectivity index (χ3v) is 4.22. The molecule has 25 heavy (non-hydrogen) atoms. The Morgan fingerprint density at radius 2 is 2.00 bits per heavy atom. The molecule has 0 heterocycles. The van der Waals surface area contributed by atoms with Gasteiger partial charge in [-0.3, -0.25) is 4.79 Å². The Labute approximate surface area is 166 Å². The van der Waals surface area contributed by atoms with E-state index in [2.05, 4.69) is 20.9 Å². The van der Waals surface area contributed by atoms with Crippen LogP contribution in [0.5, 0.6) is 0 Å². The number of hydrogen-bond acceptors (Lipinski definition) is 3. The van der Waals surface area contributed by atoms with Gasteiger partial charge in [0.2, 0.25) is 0 Å². The molecule has 6 nitrogen and oxygen atoms in total. The number of amides is 1. The number of carbonyl (C=O) groups is 1. The van der Waals surface area contributed by atoms with Crippen LogP contribution in [0, 0.1) is 0 Å². The van der Waals surface area contributed by atoms with Crippen molar-refractivity contribution in [2.24, 2.45) is 4.99 Å². The molecule has 0 aromatic heterocycles. The quantitative estimate of drug-likeness (QED) is 0.308. The number of aliphatic hydroxyl groups excluding tert-OH is 1. The first kappa shape index (κ1) is 21.7. The van der Waals surface area contributed by atoms with E-state index in [0.717, 1.165) is 43.8 Å². The molecule has 140 valence electrons. The first-order chi connectivity index (χ1) is 11.6. The molecule has 1 aliphatic rings. The normalized spacial score (nSPS) is 20.4. The van der Waals surface area contributed by atoms with E-state index in [1.165, 1.54) is 0 Å². The second-order valence-electron chi connectivity index (χ2n) is 6.12. The van der Waals surface area contributed by atoms with Gasteiger partial charge in [-0.15, -0.1) is 24.0 Å². The van der Waals surface area contributed by atoms with E-state index in [1.54, 1.807) is 13.1 Å². The molecule has 0 bridgehead atoms. The first-order valence-corrected chi connectivity index (χ1v) is 8.66. The molecule has 7 heteroatoms. The molecule has 0 aliphatic heterocycles. The molecule has 1 saturated carbocycles. The lowest BCUT2D eigenvalue weighted by Gasteiger charge is -2.27. The topological polar surface area (TPSA) is 85.8 Å². The van der Waals surface area contributed by atoms with Crippen LogP contribution >= 0.6 is 24.0 Å². The molecule has 0 atom stereocenters. The van der Waals surface area contributed by atoms with Crippen LogP contribution in [0.25, 0.3) is 0 Å². The Balaban J connectivity index is 0.00000312. The summed E-state index contributed by atoms with van der Waals surface area (Å²) in [6.07, 6.45) is 3.43. The van der Waals surface area contributed by atoms with Gasteiger partial charge in [0.15, 0.2) is 5.96 Å². The molecule has 0 spiro atoms. The molecule has 0 saturated heterocycles. The van der Waals surface area contributed by atoms with Crippen LogP contribution in [0.4, 0.5) is 0 Å². The van der Waals surface area contributed by atoms with Gasteiger partial charge in [-0.05, 0) is 50.3 Å². The predicted molar refractivity (Wildman–Crippen MR) is 111 cm³/mol. The average Bonchev–Trinajstić information content (AvgIpc) is 2.61. The van der Waals surface area contributed by atoms with E-state index in [9.17, 15) is 9.90 Å². The van der Waals surface area contributed by atoms with Crippen LogP contribution in [-0.2, 0) is 6.54 Å². The molecule has 1 aromatic carbocycles. The van der Waals surface area contributed by atoms with E-state index in [1.807, 2.05) is 25.1 Å². The van der Waals surface area contributed by atoms with Crippen molar-refractivity contribution in [3.8, 4) is 0 Å². The van der Waals surface area contributed by atoms with Crippen LogP contribution in [0.15, 0.2) is 29.3 Å². The van der Waals surface area contributed by atoms with Crippen molar-refractivity contribution in [3.05, 3.63) is 35.4 Å². The van der Waals surface area contributed by atoms with Crippen LogP contribution in [0.3, 0.4) is 0 Å². The van der Waals surface area contributed by atoms with E-state index in [-0.39, 0.29) is 36.0 Å². The monoisotopic (exact) mass is 460 g/mol. The molecule has 4 N–H and O–H groups in total. The van der Waals surface area contributed by atoms with Gasteiger partial charge in [-0.1, -0.05) is 12.1 Å². The fraction of sp³-hybridized carbons (Fsp3) is 0.556. The van der Waals surface area contributed by atoms with Crippen molar-refractivity contribution in [1.82, 2.24) is 16.0 Å². The minimum absolute atomic E-state index is 0. The van der Waals surface area contributed by atoms with E-state index < -0.39 is 0 Å². The largest absolute Gasteiger partial charge is 0.393 e. The Hall–Kier alpha value is -1.35. The van der Waals surface area contributed by atoms with Crippen LogP contribution in [0.1, 0.15) is 48.5 Å². The molecule has 0 unspecified atom stereocenters. The van der Waals surface area contributed by atoms with Crippen molar-refractivity contribution in [2.45, 2.75) is 51.3 Å². The van der Waals surface area contributed by atoms with Gasteiger partial charge in [0.05, 0.1) is 12.6 Å². The molecule has 2 rings (SSSR count). The highest BCUT2D eigenvalue weighted by molar-refractivity contribution is 14.0. The van der Waals surface area contributed by atoms with E-state index in [4.69, 9.17) is 0 Å². The summed E-state index contributed by atoms with van der Waals surface area (Å²) in [5.41, 5.74) is 1.64. The third kappa shape index (κ3) is 7.19. The zero-order valence-electron chi connectivity index (χ0n) is 14.9. The van der Waals surface area contributed by atoms with Gasteiger partial charge in [0.1, 0.15) is 0 Å². The number of carbonyl (C=O) groups excluding carboxylic acids is 1. The van der Waals surface area contributed by atoms with Crippen molar-refractivity contribution >= 4 is 35.8 Å². The van der Waals surface area contributed by atoms with Crippen molar-refractivity contribution in [2.75, 3.05) is 13.6 Å². The van der Waals surface area contributed by atoms with Gasteiger partial charge in [-0.25, -0.2) is 4.99 Å². The fourth-order valence-electron chi connectivity index (χ4n) is 2.86. The Morgan fingerprint density at radius 1 is 1.28 bits per heavy atom. The number of halogens is 1. The second kappa shape index (κ2) is 11.3. The van der Waals surface area contributed by atoms with Gasteiger partial charge >= 0.3 is 0 Å². The Morgan fingerprint density at radius 3 is 2.64 bits per heavy atom. The molecular formula is C18H29IN4O2. The summed E-state index contributed by atoms with van der Waals surface area (Å²) in [6, 6.07) is 7.85. The highest BCUT2D eigenvalue weighted by Gasteiger charge is 2.19. The number of nitrogens with one attached hydrogen (secondary N) is 3. The summed E-state index contributed by atoms with van der Waals surface area (Å²) in [4.78, 5) is 16.3. The first-order valence-electron chi connectivity index (χ1n) is 8.66. The molecule has 0 radical (unpaired) electrons. The lowest BCUT2D eigenvalue weighted by atomic mass is 9.93. The zero-order valence-corrected chi connectivity index (χ0v) is 17.2. The van der Waals surface area contributed by atoms with Crippen LogP contribution < -0.4 is 16.0 Å². The number of hydrogen-bond donors (Lipinski definition) is 4. The van der Waals surface area contributed by atoms with Crippen LogP contribution in [0.2, 0.25) is 0 Å². The second-order valence-corrected chi connectivity index (χ2v) is 6.12. The summed E-state index contributed by atoms with van der Waals surface area (Å²) in [5.74, 6) is 0.691. The summed E-state index contributed by atoms with van der Waals surface area (Å²) in [6.45, 7) is 3.34. The minimum atomic E-state index is -0.157. The van der Waals surface area contributed by atoms with Gasteiger partial charge in [-0.2, -0.15) is 0 Å². The fourth-order valence-corrected chi connectivity index (χ4v) is 2.86. The average molecular weight is 460 g/mol. The molecular weight excluding hydrogens is 431 g/mol. The van der Waals surface area contributed by atoms with Crippen molar-refractivity contribution in [1.29, 1.82) is 0 Å².